The maximum atomic E-state index is 12.3. The van der Waals surface area contributed by atoms with Gasteiger partial charge < -0.3 is 10.0 Å². The second-order valence-corrected chi connectivity index (χ2v) is 6.55. The van der Waals surface area contributed by atoms with E-state index < -0.39 is 11.9 Å². The Kier molecular flexibility index (Phi) is 6.71. The largest absolute Gasteiger partial charge is 0.481 e. The third kappa shape index (κ3) is 5.74. The molecule has 0 saturated heterocycles. The van der Waals surface area contributed by atoms with E-state index in [1.165, 1.54) is 0 Å². The van der Waals surface area contributed by atoms with Crippen LogP contribution in [0.2, 0.25) is 0 Å². The van der Waals surface area contributed by atoms with Crippen LogP contribution >= 0.6 is 11.3 Å². The van der Waals surface area contributed by atoms with Crippen LogP contribution in [0.25, 0.3) is 0 Å². The first-order valence-electron chi connectivity index (χ1n) is 6.93. The average Bonchev–Trinajstić information content (AvgIpc) is 2.86. The minimum Gasteiger partial charge on any atom is -0.481 e. The van der Waals surface area contributed by atoms with Crippen LogP contribution in [0.1, 0.15) is 32.1 Å². The van der Waals surface area contributed by atoms with Crippen LogP contribution in [0.15, 0.2) is 17.5 Å². The minimum absolute atomic E-state index is 0.0150. The minimum atomic E-state index is -0.858. The van der Waals surface area contributed by atoms with Crippen LogP contribution in [0.5, 0.6) is 0 Å². The van der Waals surface area contributed by atoms with E-state index in [9.17, 15) is 9.59 Å². The molecule has 0 aliphatic heterocycles. The molecule has 1 rings (SSSR count). The molecule has 1 atom stereocenters. The fourth-order valence-electron chi connectivity index (χ4n) is 1.81. The zero-order valence-electron chi connectivity index (χ0n) is 12.3. The van der Waals surface area contributed by atoms with Crippen molar-refractivity contribution in [2.24, 2.45) is 11.8 Å². The molecular weight excluding hydrogens is 274 g/mol. The van der Waals surface area contributed by atoms with Gasteiger partial charge in [0.15, 0.2) is 0 Å². The molecule has 0 aliphatic carbocycles. The molecule has 1 amide bonds. The zero-order valence-corrected chi connectivity index (χ0v) is 13.2. The summed E-state index contributed by atoms with van der Waals surface area (Å²) in [5.74, 6) is -0.883. The molecule has 1 aromatic heterocycles. The second-order valence-electron chi connectivity index (χ2n) is 5.52. The molecule has 20 heavy (non-hydrogen) atoms. The van der Waals surface area contributed by atoms with E-state index in [2.05, 4.69) is 13.8 Å². The van der Waals surface area contributed by atoms with Crippen LogP contribution in [0.4, 0.5) is 0 Å². The molecule has 0 spiro atoms. The fraction of sp³-hybridized carbons (Fsp3) is 0.600. The van der Waals surface area contributed by atoms with Crippen LogP contribution in [-0.2, 0) is 16.0 Å². The van der Waals surface area contributed by atoms with Gasteiger partial charge in [-0.25, -0.2) is 0 Å². The van der Waals surface area contributed by atoms with Crippen molar-refractivity contribution in [1.29, 1.82) is 0 Å². The normalized spacial score (nSPS) is 12.4. The SMILES string of the molecule is CC(C)CCN(CC(C)C(=O)O)C(=O)Cc1cccs1. The molecule has 0 aromatic carbocycles. The number of amides is 1. The lowest BCUT2D eigenvalue weighted by atomic mass is 10.1. The van der Waals surface area contributed by atoms with Gasteiger partial charge >= 0.3 is 5.97 Å². The first-order chi connectivity index (χ1) is 9.40. The van der Waals surface area contributed by atoms with Gasteiger partial charge in [-0.3, -0.25) is 9.59 Å². The standard InChI is InChI=1S/C15H23NO3S/c1-11(2)6-7-16(10-12(3)15(18)19)14(17)9-13-5-4-8-20-13/h4-5,8,11-12H,6-7,9-10H2,1-3H3,(H,18,19). The highest BCUT2D eigenvalue weighted by Gasteiger charge is 2.21. The quantitative estimate of drug-likeness (QED) is 0.802. The number of carbonyl (C=O) groups is 2. The monoisotopic (exact) mass is 297 g/mol. The molecule has 1 aromatic rings. The molecule has 5 heteroatoms. The predicted octanol–water partition coefficient (Wildman–Crippen LogP) is 2.89. The van der Waals surface area contributed by atoms with E-state index in [0.717, 1.165) is 11.3 Å². The lowest BCUT2D eigenvalue weighted by Gasteiger charge is -2.25. The van der Waals surface area contributed by atoms with Crippen LogP contribution in [-0.4, -0.2) is 35.0 Å². The summed E-state index contributed by atoms with van der Waals surface area (Å²) in [6, 6.07) is 3.86. The first-order valence-corrected chi connectivity index (χ1v) is 7.81. The Morgan fingerprint density at radius 2 is 2.05 bits per heavy atom. The van der Waals surface area contributed by atoms with E-state index in [1.54, 1.807) is 23.2 Å². The summed E-state index contributed by atoms with van der Waals surface area (Å²) in [6.07, 6.45) is 1.25. The van der Waals surface area contributed by atoms with Crippen molar-refractivity contribution in [1.82, 2.24) is 4.90 Å². The zero-order chi connectivity index (χ0) is 15.1. The Balaban J connectivity index is 2.64. The Labute approximate surface area is 124 Å². The van der Waals surface area contributed by atoms with Crippen LogP contribution in [0, 0.1) is 11.8 Å². The number of hydrogen-bond donors (Lipinski definition) is 1. The number of thiophene rings is 1. The van der Waals surface area contributed by atoms with Crippen molar-refractivity contribution < 1.29 is 14.7 Å². The predicted molar refractivity (Wildman–Crippen MR) is 80.9 cm³/mol. The average molecular weight is 297 g/mol. The molecule has 112 valence electrons. The van der Waals surface area contributed by atoms with Crippen molar-refractivity contribution >= 4 is 23.2 Å². The molecule has 0 fully saturated rings. The highest BCUT2D eigenvalue weighted by Crippen LogP contribution is 2.13. The van der Waals surface area contributed by atoms with Gasteiger partial charge in [-0.1, -0.05) is 26.8 Å². The second kappa shape index (κ2) is 8.04. The molecule has 1 N–H and O–H groups in total. The van der Waals surface area contributed by atoms with E-state index in [1.807, 2.05) is 17.5 Å². The van der Waals surface area contributed by atoms with Gasteiger partial charge in [-0.05, 0) is 23.8 Å². The number of carboxylic acid groups (broad SMARTS) is 1. The number of carbonyl (C=O) groups excluding carboxylic acids is 1. The molecule has 0 aliphatic rings. The van der Waals surface area contributed by atoms with Crippen molar-refractivity contribution in [3.05, 3.63) is 22.4 Å². The number of carboxylic acids is 1. The lowest BCUT2D eigenvalue weighted by molar-refractivity contribution is -0.143. The van der Waals surface area contributed by atoms with Crippen molar-refractivity contribution in [2.45, 2.75) is 33.6 Å². The van der Waals surface area contributed by atoms with Gasteiger partial charge in [-0.2, -0.15) is 0 Å². The smallest absolute Gasteiger partial charge is 0.308 e. The molecule has 0 saturated carbocycles. The summed E-state index contributed by atoms with van der Waals surface area (Å²) in [7, 11) is 0. The van der Waals surface area contributed by atoms with Gasteiger partial charge in [0.05, 0.1) is 12.3 Å². The van der Waals surface area contributed by atoms with Gasteiger partial charge in [0.1, 0.15) is 0 Å². The topological polar surface area (TPSA) is 57.6 Å². The lowest BCUT2D eigenvalue weighted by Crippen LogP contribution is -2.38. The van der Waals surface area contributed by atoms with Crippen LogP contribution in [0.3, 0.4) is 0 Å². The van der Waals surface area contributed by atoms with Gasteiger partial charge in [0.2, 0.25) is 5.91 Å². The van der Waals surface area contributed by atoms with Gasteiger partial charge in [0.25, 0.3) is 0 Å². The van der Waals surface area contributed by atoms with E-state index in [4.69, 9.17) is 5.11 Å². The van der Waals surface area contributed by atoms with Gasteiger partial charge in [0, 0.05) is 18.0 Å². The number of rotatable bonds is 8. The van der Waals surface area contributed by atoms with E-state index in [0.29, 0.717) is 18.9 Å². The number of hydrogen-bond acceptors (Lipinski definition) is 3. The molecule has 1 heterocycles. The van der Waals surface area contributed by atoms with E-state index >= 15 is 0 Å². The Bertz CT molecular complexity index is 428. The van der Waals surface area contributed by atoms with E-state index in [-0.39, 0.29) is 12.5 Å². The molecule has 1 unspecified atom stereocenters. The Hall–Kier alpha value is -1.36. The number of aliphatic carboxylic acids is 1. The summed E-state index contributed by atoms with van der Waals surface area (Å²) in [5, 5.41) is 11.0. The highest BCUT2D eigenvalue weighted by molar-refractivity contribution is 7.10. The highest BCUT2D eigenvalue weighted by atomic mass is 32.1. The molecule has 4 nitrogen and oxygen atoms in total. The Morgan fingerprint density at radius 3 is 2.55 bits per heavy atom. The maximum Gasteiger partial charge on any atom is 0.308 e. The molecule has 0 bridgehead atoms. The van der Waals surface area contributed by atoms with Crippen molar-refractivity contribution in [2.75, 3.05) is 13.1 Å². The van der Waals surface area contributed by atoms with Crippen LogP contribution < -0.4 is 0 Å². The summed E-state index contributed by atoms with van der Waals surface area (Å²) in [6.45, 7) is 6.75. The summed E-state index contributed by atoms with van der Waals surface area (Å²) in [4.78, 5) is 26.0. The third-order valence-electron chi connectivity index (χ3n) is 3.15. The van der Waals surface area contributed by atoms with Crippen molar-refractivity contribution in [3.63, 3.8) is 0 Å². The first kappa shape index (κ1) is 16.7. The Morgan fingerprint density at radius 1 is 1.35 bits per heavy atom. The van der Waals surface area contributed by atoms with Gasteiger partial charge in [-0.15, -0.1) is 11.3 Å². The molecular formula is C15H23NO3S. The summed E-state index contributed by atoms with van der Waals surface area (Å²) >= 11 is 1.55. The van der Waals surface area contributed by atoms with Crippen molar-refractivity contribution in [3.8, 4) is 0 Å². The maximum absolute atomic E-state index is 12.3. The summed E-state index contributed by atoms with van der Waals surface area (Å²) in [5.41, 5.74) is 0. The molecule has 0 radical (unpaired) electrons. The fourth-order valence-corrected chi connectivity index (χ4v) is 2.51. The number of nitrogens with zero attached hydrogens (tertiary/aromatic N) is 1. The summed E-state index contributed by atoms with van der Waals surface area (Å²) < 4.78 is 0. The third-order valence-corrected chi connectivity index (χ3v) is 4.03.